The molecule has 2 aliphatic heterocycles. The van der Waals surface area contributed by atoms with Crippen LogP contribution < -0.4 is 9.47 Å². The fourth-order valence-electron chi connectivity index (χ4n) is 5.28. The van der Waals surface area contributed by atoms with Gasteiger partial charge in [-0.25, -0.2) is 13.4 Å². The molecule has 0 saturated carbocycles. The maximum atomic E-state index is 13.5. The number of hydrogen-bond acceptors (Lipinski definition) is 6. The van der Waals surface area contributed by atoms with E-state index in [-0.39, 0.29) is 11.9 Å². The smallest absolute Gasteiger partial charge is 0.254 e. The quantitative estimate of drug-likeness (QED) is 0.491. The SMILES string of the molecule is COc1ccc(C2=NN(C3CCN(S(=O)(=O)c4cccc5c4ccn5C)CC3)C(=O)C2(C)C)cc1OC. The van der Waals surface area contributed by atoms with Gasteiger partial charge in [-0.3, -0.25) is 4.79 Å². The van der Waals surface area contributed by atoms with E-state index in [1.165, 1.54) is 4.31 Å². The van der Waals surface area contributed by atoms with Gasteiger partial charge in [0.15, 0.2) is 11.5 Å². The van der Waals surface area contributed by atoms with Gasteiger partial charge in [0, 0.05) is 42.8 Å². The van der Waals surface area contributed by atoms with Crippen LogP contribution in [0.3, 0.4) is 0 Å². The van der Waals surface area contributed by atoms with Crippen LogP contribution in [-0.2, 0) is 21.9 Å². The van der Waals surface area contributed by atoms with Crippen molar-refractivity contribution in [3.63, 3.8) is 0 Å². The maximum Gasteiger partial charge on any atom is 0.254 e. The zero-order chi connectivity index (χ0) is 26.5. The van der Waals surface area contributed by atoms with Crippen LogP contribution in [0.5, 0.6) is 11.5 Å². The minimum Gasteiger partial charge on any atom is -0.493 e. The van der Waals surface area contributed by atoms with E-state index in [0.717, 1.165) is 11.1 Å². The summed E-state index contributed by atoms with van der Waals surface area (Å²) in [6.45, 7) is 4.37. The van der Waals surface area contributed by atoms with Gasteiger partial charge in [-0.15, -0.1) is 0 Å². The second-order valence-corrected chi connectivity index (χ2v) is 12.0. The van der Waals surface area contributed by atoms with E-state index >= 15 is 0 Å². The third-order valence-electron chi connectivity index (χ3n) is 7.47. The molecule has 1 fully saturated rings. The predicted molar refractivity (Wildman–Crippen MR) is 141 cm³/mol. The van der Waals surface area contributed by atoms with Crippen molar-refractivity contribution in [2.75, 3.05) is 27.3 Å². The number of hydrazone groups is 1. The molecule has 37 heavy (non-hydrogen) atoms. The van der Waals surface area contributed by atoms with E-state index in [2.05, 4.69) is 0 Å². The van der Waals surface area contributed by atoms with Crippen molar-refractivity contribution in [3.05, 3.63) is 54.2 Å². The Morgan fingerprint density at radius 1 is 1.00 bits per heavy atom. The maximum absolute atomic E-state index is 13.5. The Labute approximate surface area is 217 Å². The summed E-state index contributed by atoms with van der Waals surface area (Å²) in [5, 5.41) is 7.05. The number of amides is 1. The van der Waals surface area contributed by atoms with E-state index in [4.69, 9.17) is 14.6 Å². The van der Waals surface area contributed by atoms with Crippen molar-refractivity contribution in [2.45, 2.75) is 37.6 Å². The molecule has 0 spiro atoms. The molecule has 1 saturated heterocycles. The van der Waals surface area contributed by atoms with Gasteiger partial charge >= 0.3 is 0 Å². The van der Waals surface area contributed by atoms with Crippen molar-refractivity contribution in [1.82, 2.24) is 13.9 Å². The van der Waals surface area contributed by atoms with E-state index < -0.39 is 15.4 Å². The van der Waals surface area contributed by atoms with Crippen LogP contribution in [0.25, 0.3) is 10.9 Å². The van der Waals surface area contributed by atoms with Crippen molar-refractivity contribution in [2.24, 2.45) is 17.6 Å². The van der Waals surface area contributed by atoms with Crippen molar-refractivity contribution in [1.29, 1.82) is 0 Å². The lowest BCUT2D eigenvalue weighted by Gasteiger charge is -2.35. The van der Waals surface area contributed by atoms with Crippen molar-refractivity contribution >= 4 is 32.5 Å². The summed E-state index contributed by atoms with van der Waals surface area (Å²) in [4.78, 5) is 13.8. The summed E-state index contributed by atoms with van der Waals surface area (Å²) in [5.41, 5.74) is 1.49. The van der Waals surface area contributed by atoms with Gasteiger partial charge in [0.2, 0.25) is 10.0 Å². The van der Waals surface area contributed by atoms with Crippen LogP contribution in [0, 0.1) is 5.41 Å². The van der Waals surface area contributed by atoms with Crippen LogP contribution in [-0.4, -0.2) is 67.3 Å². The minimum atomic E-state index is -3.67. The molecule has 1 amide bonds. The molecule has 3 heterocycles. The average molecular weight is 525 g/mol. The average Bonchev–Trinajstić information content (AvgIpc) is 3.39. The predicted octanol–water partition coefficient (Wildman–Crippen LogP) is 3.62. The highest BCUT2D eigenvalue weighted by Crippen LogP contribution is 2.38. The summed E-state index contributed by atoms with van der Waals surface area (Å²) in [7, 11) is 1.37. The zero-order valence-corrected chi connectivity index (χ0v) is 22.6. The van der Waals surface area contributed by atoms with Crippen LogP contribution >= 0.6 is 0 Å². The van der Waals surface area contributed by atoms with Gasteiger partial charge in [-0.05, 0) is 63.1 Å². The number of aryl methyl sites for hydroxylation is 1. The largest absolute Gasteiger partial charge is 0.493 e. The molecule has 3 aromatic rings. The summed E-state index contributed by atoms with van der Waals surface area (Å²) >= 11 is 0. The lowest BCUT2D eigenvalue weighted by Crippen LogP contribution is -2.47. The first-order valence-corrected chi connectivity index (χ1v) is 13.7. The fraction of sp³-hybridized carbons (Fsp3) is 0.407. The number of carbonyl (C=O) groups is 1. The number of nitrogens with zero attached hydrogens (tertiary/aromatic N) is 4. The Bertz CT molecular complexity index is 1500. The van der Waals surface area contributed by atoms with Crippen LogP contribution in [0.1, 0.15) is 32.3 Å². The molecule has 0 bridgehead atoms. The highest BCUT2D eigenvalue weighted by Gasteiger charge is 2.47. The number of aromatic nitrogens is 1. The molecule has 0 aliphatic carbocycles. The Balaban J connectivity index is 1.37. The standard InChI is InChI=1S/C27H32N4O5S/c1-27(2)25(18-9-10-22(35-4)23(17-18)36-5)28-31(26(27)32)19-11-15-30(16-12-19)37(33,34)24-8-6-7-21-20(24)13-14-29(21)3/h6-10,13-14,17,19H,11-12,15-16H2,1-5H3. The lowest BCUT2D eigenvalue weighted by atomic mass is 9.83. The third kappa shape index (κ3) is 4.08. The summed E-state index contributed by atoms with van der Waals surface area (Å²) in [5.74, 6) is 1.08. The van der Waals surface area contributed by atoms with E-state index in [1.807, 2.05) is 55.9 Å². The fourth-order valence-corrected chi connectivity index (χ4v) is 6.95. The number of benzene rings is 2. The molecule has 0 unspecified atom stereocenters. The third-order valence-corrected chi connectivity index (χ3v) is 9.43. The van der Waals surface area contributed by atoms with Crippen LogP contribution in [0.15, 0.2) is 58.7 Å². The zero-order valence-electron chi connectivity index (χ0n) is 21.8. The Hall–Kier alpha value is -3.37. The number of carbonyl (C=O) groups excluding carboxylic acids is 1. The number of hydrogen-bond donors (Lipinski definition) is 0. The molecular formula is C27H32N4O5S. The second-order valence-electron chi connectivity index (χ2n) is 10.0. The first kappa shape index (κ1) is 25.3. The van der Waals surface area contributed by atoms with E-state index in [0.29, 0.717) is 53.4 Å². The number of methoxy groups -OCH3 is 2. The summed E-state index contributed by atoms with van der Waals surface area (Å²) < 4.78 is 41.3. The Kier molecular flexibility index (Phi) is 6.27. The number of rotatable bonds is 6. The van der Waals surface area contributed by atoms with E-state index in [9.17, 15) is 13.2 Å². The topological polar surface area (TPSA) is 93.4 Å². The second kappa shape index (κ2) is 9.18. The number of fused-ring (bicyclic) bond motifs is 1. The van der Waals surface area contributed by atoms with Gasteiger partial charge in [-0.1, -0.05) is 6.07 Å². The van der Waals surface area contributed by atoms with Gasteiger partial charge in [0.25, 0.3) is 5.91 Å². The molecule has 2 aliphatic rings. The van der Waals surface area contributed by atoms with Gasteiger partial charge in [0.1, 0.15) is 0 Å². The summed E-state index contributed by atoms with van der Waals surface area (Å²) in [6.07, 6.45) is 2.88. The lowest BCUT2D eigenvalue weighted by molar-refractivity contribution is -0.137. The molecule has 196 valence electrons. The number of ether oxygens (including phenoxy) is 2. The van der Waals surface area contributed by atoms with Crippen LogP contribution in [0.2, 0.25) is 0 Å². The molecule has 9 nitrogen and oxygen atoms in total. The monoisotopic (exact) mass is 524 g/mol. The summed E-state index contributed by atoms with van der Waals surface area (Å²) in [6, 6.07) is 12.5. The highest BCUT2D eigenvalue weighted by atomic mass is 32.2. The van der Waals surface area contributed by atoms with Crippen LogP contribution in [0.4, 0.5) is 0 Å². The molecule has 5 rings (SSSR count). The molecule has 0 N–H and O–H groups in total. The van der Waals surface area contributed by atoms with Gasteiger partial charge in [0.05, 0.1) is 36.3 Å². The molecule has 1 aromatic heterocycles. The Morgan fingerprint density at radius 2 is 1.70 bits per heavy atom. The normalized spacial score (nSPS) is 18.9. The first-order chi connectivity index (χ1) is 17.6. The van der Waals surface area contributed by atoms with E-state index in [1.54, 1.807) is 37.4 Å². The molecular weight excluding hydrogens is 492 g/mol. The molecule has 10 heteroatoms. The number of piperidine rings is 1. The Morgan fingerprint density at radius 3 is 2.38 bits per heavy atom. The van der Waals surface area contributed by atoms with Gasteiger partial charge in [-0.2, -0.15) is 9.41 Å². The molecule has 0 radical (unpaired) electrons. The number of sulfonamides is 1. The first-order valence-electron chi connectivity index (χ1n) is 12.3. The van der Waals surface area contributed by atoms with Crippen molar-refractivity contribution in [3.8, 4) is 11.5 Å². The molecule has 0 atom stereocenters. The minimum absolute atomic E-state index is 0.0901. The molecule has 2 aromatic carbocycles. The highest BCUT2D eigenvalue weighted by molar-refractivity contribution is 7.89. The van der Waals surface area contributed by atoms with Gasteiger partial charge < -0.3 is 14.0 Å². The van der Waals surface area contributed by atoms with Crippen molar-refractivity contribution < 1.29 is 22.7 Å².